The number of rotatable bonds is 3. The van der Waals surface area contributed by atoms with Gasteiger partial charge in [-0.25, -0.2) is 4.98 Å². The maximum absolute atomic E-state index is 11.0. The Morgan fingerprint density at radius 3 is 2.68 bits per heavy atom. The van der Waals surface area contributed by atoms with Crippen LogP contribution in [0.4, 0.5) is 0 Å². The molecule has 6 nitrogen and oxygen atoms in total. The lowest BCUT2D eigenvalue weighted by atomic mass is 9.82. The Kier molecular flexibility index (Phi) is 4.13. The molecule has 0 atom stereocenters. The highest BCUT2D eigenvalue weighted by atomic mass is 35.5. The summed E-state index contributed by atoms with van der Waals surface area (Å²) in [5.41, 5.74) is 1.43. The first-order chi connectivity index (χ1) is 12.1. The molecule has 1 fully saturated rings. The Morgan fingerprint density at radius 2 is 1.92 bits per heavy atom. The number of carboxylic acids is 1. The van der Waals surface area contributed by atoms with Crippen molar-refractivity contribution in [2.45, 2.75) is 31.6 Å². The van der Waals surface area contributed by atoms with Gasteiger partial charge in [-0.2, -0.15) is 0 Å². The van der Waals surface area contributed by atoms with Gasteiger partial charge in [0.15, 0.2) is 0 Å². The van der Waals surface area contributed by atoms with Crippen LogP contribution < -0.4 is 0 Å². The molecule has 0 amide bonds. The van der Waals surface area contributed by atoms with Gasteiger partial charge in [0.05, 0.1) is 11.4 Å². The summed E-state index contributed by atoms with van der Waals surface area (Å²) >= 11 is 5.99. The first-order valence-corrected chi connectivity index (χ1v) is 8.61. The lowest BCUT2D eigenvalue weighted by molar-refractivity contribution is -0.142. The van der Waals surface area contributed by atoms with Crippen molar-refractivity contribution in [3.8, 4) is 11.6 Å². The van der Waals surface area contributed by atoms with E-state index in [1.807, 2.05) is 24.3 Å². The van der Waals surface area contributed by atoms with Crippen LogP contribution >= 0.6 is 11.6 Å². The molecule has 1 saturated carbocycles. The number of nitrogens with zero attached hydrogens (tertiary/aromatic N) is 3. The average molecular weight is 358 g/mol. The van der Waals surface area contributed by atoms with Gasteiger partial charge in [0, 0.05) is 16.3 Å². The fraction of sp³-hybridized carbons (Fsp3) is 0.333. The molecule has 2 aromatic heterocycles. The molecule has 0 bridgehead atoms. The van der Waals surface area contributed by atoms with E-state index in [1.54, 1.807) is 6.07 Å². The van der Waals surface area contributed by atoms with Crippen LogP contribution in [0.25, 0.3) is 22.5 Å². The maximum atomic E-state index is 11.0. The molecular formula is C18H16ClN3O3. The number of hydrogen-bond acceptors (Lipinski definition) is 5. The predicted octanol–water partition coefficient (Wildman–Crippen LogP) is 4.30. The van der Waals surface area contributed by atoms with E-state index in [0.717, 1.165) is 23.7 Å². The number of pyridine rings is 1. The summed E-state index contributed by atoms with van der Waals surface area (Å²) < 4.78 is 5.82. The standard InChI is InChI=1S/C18H16ClN3O3/c19-13-6-8-14-12(9-13)5-7-15(20-14)17-22-21-16(25-17)10-1-3-11(4-2-10)18(23)24/h5-11H,1-4H2,(H,23,24)/t10-,11-. The zero-order valence-electron chi connectivity index (χ0n) is 13.4. The van der Waals surface area contributed by atoms with Crippen LogP contribution in [0.2, 0.25) is 5.02 Å². The second kappa shape index (κ2) is 6.44. The molecule has 25 heavy (non-hydrogen) atoms. The van der Waals surface area contributed by atoms with Crippen molar-refractivity contribution in [2.24, 2.45) is 5.92 Å². The zero-order chi connectivity index (χ0) is 17.4. The SMILES string of the molecule is O=C(O)[C@H]1CC[C@H](c2nnc(-c3ccc4cc(Cl)ccc4n3)o2)CC1. The summed E-state index contributed by atoms with van der Waals surface area (Å²) in [6.45, 7) is 0. The summed E-state index contributed by atoms with van der Waals surface area (Å²) in [5.74, 6) is 0.0953. The molecular weight excluding hydrogens is 342 g/mol. The summed E-state index contributed by atoms with van der Waals surface area (Å²) in [6, 6.07) is 9.25. The van der Waals surface area contributed by atoms with E-state index in [2.05, 4.69) is 15.2 Å². The maximum Gasteiger partial charge on any atom is 0.306 e. The highest BCUT2D eigenvalue weighted by Crippen LogP contribution is 2.36. The fourth-order valence-electron chi connectivity index (χ4n) is 3.31. The molecule has 0 spiro atoms. The molecule has 7 heteroatoms. The second-order valence-electron chi connectivity index (χ2n) is 6.37. The summed E-state index contributed by atoms with van der Waals surface area (Å²) in [5, 5.41) is 19.0. The Labute approximate surface area is 148 Å². The summed E-state index contributed by atoms with van der Waals surface area (Å²) in [7, 11) is 0. The third kappa shape index (κ3) is 3.22. The lowest BCUT2D eigenvalue weighted by Crippen LogP contribution is -2.20. The predicted molar refractivity (Wildman–Crippen MR) is 92.4 cm³/mol. The average Bonchev–Trinajstić information content (AvgIpc) is 3.11. The van der Waals surface area contributed by atoms with Crippen LogP contribution in [0.3, 0.4) is 0 Å². The topological polar surface area (TPSA) is 89.1 Å². The van der Waals surface area contributed by atoms with Gasteiger partial charge in [0.25, 0.3) is 5.89 Å². The molecule has 1 aliphatic rings. The van der Waals surface area contributed by atoms with Crippen LogP contribution in [0.5, 0.6) is 0 Å². The molecule has 1 aromatic carbocycles. The highest BCUT2D eigenvalue weighted by molar-refractivity contribution is 6.31. The summed E-state index contributed by atoms with van der Waals surface area (Å²) in [4.78, 5) is 15.6. The van der Waals surface area contributed by atoms with Gasteiger partial charge >= 0.3 is 5.97 Å². The van der Waals surface area contributed by atoms with Gasteiger partial charge in [-0.3, -0.25) is 4.79 Å². The molecule has 0 unspecified atom stereocenters. The Bertz CT molecular complexity index is 932. The van der Waals surface area contributed by atoms with E-state index in [9.17, 15) is 4.79 Å². The molecule has 0 radical (unpaired) electrons. The van der Waals surface area contributed by atoms with E-state index >= 15 is 0 Å². The molecule has 4 rings (SSSR count). The van der Waals surface area contributed by atoms with Crippen molar-refractivity contribution >= 4 is 28.5 Å². The van der Waals surface area contributed by atoms with Crippen LogP contribution in [-0.4, -0.2) is 26.3 Å². The van der Waals surface area contributed by atoms with Gasteiger partial charge < -0.3 is 9.52 Å². The Hall–Kier alpha value is -2.47. The van der Waals surface area contributed by atoms with Crippen LogP contribution in [0.15, 0.2) is 34.7 Å². The molecule has 3 aromatic rings. The van der Waals surface area contributed by atoms with Crippen LogP contribution in [-0.2, 0) is 4.79 Å². The van der Waals surface area contributed by atoms with Crippen molar-refractivity contribution in [1.82, 2.24) is 15.2 Å². The Morgan fingerprint density at radius 1 is 1.12 bits per heavy atom. The smallest absolute Gasteiger partial charge is 0.306 e. The largest absolute Gasteiger partial charge is 0.481 e. The number of benzene rings is 1. The van der Waals surface area contributed by atoms with Crippen LogP contribution in [0.1, 0.15) is 37.5 Å². The monoisotopic (exact) mass is 357 g/mol. The van der Waals surface area contributed by atoms with E-state index in [4.69, 9.17) is 21.1 Å². The summed E-state index contributed by atoms with van der Waals surface area (Å²) in [6.07, 6.45) is 2.80. The second-order valence-corrected chi connectivity index (χ2v) is 6.80. The van der Waals surface area contributed by atoms with Crippen molar-refractivity contribution in [1.29, 1.82) is 0 Å². The number of hydrogen-bond donors (Lipinski definition) is 1. The number of halogens is 1. The van der Waals surface area contributed by atoms with Crippen molar-refractivity contribution in [2.75, 3.05) is 0 Å². The van der Waals surface area contributed by atoms with E-state index in [1.165, 1.54) is 0 Å². The first-order valence-electron chi connectivity index (χ1n) is 8.23. The van der Waals surface area contributed by atoms with E-state index in [0.29, 0.717) is 35.3 Å². The van der Waals surface area contributed by atoms with Crippen LogP contribution in [0, 0.1) is 5.92 Å². The first kappa shape index (κ1) is 16.0. The van der Waals surface area contributed by atoms with Gasteiger partial charge in [-0.05, 0) is 49.9 Å². The highest BCUT2D eigenvalue weighted by Gasteiger charge is 2.29. The third-order valence-corrected chi connectivity index (χ3v) is 4.97. The van der Waals surface area contributed by atoms with E-state index in [-0.39, 0.29) is 11.8 Å². The van der Waals surface area contributed by atoms with E-state index < -0.39 is 5.97 Å². The normalized spacial score (nSPS) is 20.7. The molecule has 128 valence electrons. The number of fused-ring (bicyclic) bond motifs is 1. The zero-order valence-corrected chi connectivity index (χ0v) is 14.1. The molecule has 0 aliphatic heterocycles. The van der Waals surface area contributed by atoms with Gasteiger partial charge in [0.1, 0.15) is 5.69 Å². The molecule has 1 N–H and O–H groups in total. The Balaban J connectivity index is 1.55. The van der Waals surface area contributed by atoms with Gasteiger partial charge in [0.2, 0.25) is 5.89 Å². The quantitative estimate of drug-likeness (QED) is 0.751. The molecule has 2 heterocycles. The number of carboxylic acid groups (broad SMARTS) is 1. The number of aliphatic carboxylic acids is 1. The number of aromatic nitrogens is 3. The minimum atomic E-state index is -0.717. The molecule has 1 aliphatic carbocycles. The van der Waals surface area contributed by atoms with Crippen molar-refractivity contribution < 1.29 is 14.3 Å². The third-order valence-electron chi connectivity index (χ3n) is 4.74. The fourth-order valence-corrected chi connectivity index (χ4v) is 3.49. The van der Waals surface area contributed by atoms with Crippen molar-refractivity contribution in [3.63, 3.8) is 0 Å². The number of carbonyl (C=O) groups is 1. The minimum absolute atomic E-state index is 0.121. The lowest BCUT2D eigenvalue weighted by Gasteiger charge is -2.23. The van der Waals surface area contributed by atoms with Gasteiger partial charge in [-0.1, -0.05) is 17.7 Å². The van der Waals surface area contributed by atoms with Gasteiger partial charge in [-0.15, -0.1) is 10.2 Å². The van der Waals surface area contributed by atoms with Crippen molar-refractivity contribution in [3.05, 3.63) is 41.2 Å². The molecule has 0 saturated heterocycles. The minimum Gasteiger partial charge on any atom is -0.481 e.